The molecule has 0 aliphatic heterocycles. The van der Waals surface area contributed by atoms with Crippen molar-refractivity contribution in [2.24, 2.45) is 5.92 Å². The number of carbonyl (C=O) groups excluding carboxylic acids is 2. The molecular formula is C11H18O2. The lowest BCUT2D eigenvalue weighted by atomic mass is 9.85. The standard InChI is InChI=1S/C11H18O2/c1-9(12)4-2-5-10-6-3-7-11(13)8-10/h10H,2-8H2,1H3. The van der Waals surface area contributed by atoms with Gasteiger partial charge in [0.2, 0.25) is 0 Å². The predicted octanol–water partition coefficient (Wildman–Crippen LogP) is 2.51. The molecule has 0 aromatic heterocycles. The van der Waals surface area contributed by atoms with Gasteiger partial charge in [-0.2, -0.15) is 0 Å². The Morgan fingerprint density at radius 3 is 2.92 bits per heavy atom. The van der Waals surface area contributed by atoms with Gasteiger partial charge in [0.25, 0.3) is 0 Å². The van der Waals surface area contributed by atoms with E-state index in [9.17, 15) is 9.59 Å². The summed E-state index contributed by atoms with van der Waals surface area (Å²) >= 11 is 0. The molecule has 0 bridgehead atoms. The molecule has 1 fully saturated rings. The Hall–Kier alpha value is -0.660. The van der Waals surface area contributed by atoms with Gasteiger partial charge in [-0.3, -0.25) is 4.79 Å². The number of Topliss-reactive ketones (excluding diaryl/α,β-unsaturated/α-hetero) is 2. The number of hydrogen-bond acceptors (Lipinski definition) is 2. The molecule has 0 aromatic carbocycles. The average Bonchev–Trinajstić information content (AvgIpc) is 2.03. The van der Waals surface area contributed by atoms with Gasteiger partial charge in [0.15, 0.2) is 0 Å². The van der Waals surface area contributed by atoms with Crippen LogP contribution < -0.4 is 0 Å². The van der Waals surface area contributed by atoms with Gasteiger partial charge in [-0.15, -0.1) is 0 Å². The van der Waals surface area contributed by atoms with Crippen LogP contribution in [0.4, 0.5) is 0 Å². The van der Waals surface area contributed by atoms with E-state index in [0.717, 1.165) is 32.1 Å². The third-order valence-corrected chi connectivity index (χ3v) is 2.73. The van der Waals surface area contributed by atoms with E-state index in [4.69, 9.17) is 0 Å². The predicted molar refractivity (Wildman–Crippen MR) is 51.5 cm³/mol. The van der Waals surface area contributed by atoms with Crippen molar-refractivity contribution >= 4 is 11.6 Å². The first-order chi connectivity index (χ1) is 6.18. The van der Waals surface area contributed by atoms with Gasteiger partial charge in [-0.1, -0.05) is 0 Å². The number of rotatable bonds is 4. The van der Waals surface area contributed by atoms with E-state index in [1.165, 1.54) is 6.42 Å². The summed E-state index contributed by atoms with van der Waals surface area (Å²) in [5.41, 5.74) is 0. The van der Waals surface area contributed by atoms with Crippen LogP contribution in [-0.2, 0) is 9.59 Å². The summed E-state index contributed by atoms with van der Waals surface area (Å²) in [4.78, 5) is 21.8. The highest BCUT2D eigenvalue weighted by Gasteiger charge is 2.18. The number of hydrogen-bond donors (Lipinski definition) is 0. The average molecular weight is 182 g/mol. The molecule has 1 saturated carbocycles. The van der Waals surface area contributed by atoms with Gasteiger partial charge in [0.05, 0.1) is 0 Å². The molecule has 0 aromatic rings. The first-order valence-electron chi connectivity index (χ1n) is 5.19. The van der Waals surface area contributed by atoms with E-state index >= 15 is 0 Å². The summed E-state index contributed by atoms with van der Waals surface area (Å²) in [7, 11) is 0. The third kappa shape index (κ3) is 4.20. The maximum absolute atomic E-state index is 11.1. The van der Waals surface area contributed by atoms with Crippen LogP contribution in [-0.4, -0.2) is 11.6 Å². The van der Waals surface area contributed by atoms with Crippen molar-refractivity contribution in [3.63, 3.8) is 0 Å². The second kappa shape index (κ2) is 5.15. The zero-order valence-electron chi connectivity index (χ0n) is 8.34. The summed E-state index contributed by atoms with van der Waals surface area (Å²) in [6.07, 6.45) is 6.50. The smallest absolute Gasteiger partial charge is 0.133 e. The molecule has 0 N–H and O–H groups in total. The van der Waals surface area contributed by atoms with E-state index in [-0.39, 0.29) is 5.78 Å². The van der Waals surface area contributed by atoms with Gasteiger partial charge in [0.1, 0.15) is 11.6 Å². The fourth-order valence-electron chi connectivity index (χ4n) is 2.00. The van der Waals surface area contributed by atoms with Gasteiger partial charge in [0, 0.05) is 19.3 Å². The SMILES string of the molecule is CC(=O)CCCC1CCCC(=O)C1. The van der Waals surface area contributed by atoms with Crippen LogP contribution >= 0.6 is 0 Å². The van der Waals surface area contributed by atoms with Crippen molar-refractivity contribution in [3.05, 3.63) is 0 Å². The quantitative estimate of drug-likeness (QED) is 0.669. The first kappa shape index (κ1) is 10.4. The maximum atomic E-state index is 11.1. The summed E-state index contributed by atoms with van der Waals surface area (Å²) in [6, 6.07) is 0. The maximum Gasteiger partial charge on any atom is 0.133 e. The zero-order chi connectivity index (χ0) is 9.68. The Bertz CT molecular complexity index is 196. The summed E-state index contributed by atoms with van der Waals surface area (Å²) in [5.74, 6) is 1.25. The lowest BCUT2D eigenvalue weighted by Crippen LogP contribution is -2.14. The highest BCUT2D eigenvalue weighted by Crippen LogP contribution is 2.25. The third-order valence-electron chi connectivity index (χ3n) is 2.73. The number of ketones is 2. The van der Waals surface area contributed by atoms with Crippen LogP contribution in [0.5, 0.6) is 0 Å². The minimum Gasteiger partial charge on any atom is -0.300 e. The van der Waals surface area contributed by atoms with Crippen LogP contribution in [0.2, 0.25) is 0 Å². The van der Waals surface area contributed by atoms with Gasteiger partial charge in [-0.25, -0.2) is 0 Å². The molecule has 0 saturated heterocycles. The second-order valence-corrected chi connectivity index (χ2v) is 4.10. The lowest BCUT2D eigenvalue weighted by molar-refractivity contribution is -0.121. The Labute approximate surface area is 79.7 Å². The Morgan fingerprint density at radius 2 is 2.31 bits per heavy atom. The van der Waals surface area contributed by atoms with Gasteiger partial charge < -0.3 is 4.79 Å². The Balaban J connectivity index is 2.13. The molecule has 2 heteroatoms. The van der Waals surface area contributed by atoms with E-state index in [1.807, 2.05) is 0 Å². The monoisotopic (exact) mass is 182 g/mol. The van der Waals surface area contributed by atoms with E-state index in [2.05, 4.69) is 0 Å². The summed E-state index contributed by atoms with van der Waals surface area (Å²) < 4.78 is 0. The van der Waals surface area contributed by atoms with Gasteiger partial charge >= 0.3 is 0 Å². The molecule has 74 valence electrons. The topological polar surface area (TPSA) is 34.1 Å². The van der Waals surface area contributed by atoms with Gasteiger partial charge in [-0.05, 0) is 38.5 Å². The van der Waals surface area contributed by atoms with Crippen LogP contribution in [0.1, 0.15) is 51.9 Å². The Morgan fingerprint density at radius 1 is 1.54 bits per heavy atom. The summed E-state index contributed by atoms with van der Waals surface area (Å²) in [6.45, 7) is 1.63. The highest BCUT2D eigenvalue weighted by atomic mass is 16.1. The van der Waals surface area contributed by atoms with Crippen molar-refractivity contribution in [1.82, 2.24) is 0 Å². The van der Waals surface area contributed by atoms with Crippen molar-refractivity contribution in [3.8, 4) is 0 Å². The molecule has 2 nitrogen and oxygen atoms in total. The lowest BCUT2D eigenvalue weighted by Gasteiger charge is -2.20. The molecular weight excluding hydrogens is 164 g/mol. The molecule has 1 aliphatic rings. The van der Waals surface area contributed by atoms with Crippen LogP contribution in [0.15, 0.2) is 0 Å². The molecule has 0 amide bonds. The van der Waals surface area contributed by atoms with Crippen molar-refractivity contribution in [1.29, 1.82) is 0 Å². The van der Waals surface area contributed by atoms with Crippen molar-refractivity contribution < 1.29 is 9.59 Å². The minimum atomic E-state index is 0.266. The van der Waals surface area contributed by atoms with E-state index in [0.29, 0.717) is 18.1 Å². The fourth-order valence-corrected chi connectivity index (χ4v) is 2.00. The molecule has 1 atom stereocenters. The van der Waals surface area contributed by atoms with Crippen molar-refractivity contribution in [2.45, 2.75) is 51.9 Å². The first-order valence-corrected chi connectivity index (χ1v) is 5.19. The van der Waals surface area contributed by atoms with Crippen LogP contribution in [0.3, 0.4) is 0 Å². The zero-order valence-corrected chi connectivity index (χ0v) is 8.34. The molecule has 13 heavy (non-hydrogen) atoms. The molecule has 0 spiro atoms. The molecule has 1 unspecified atom stereocenters. The normalized spacial score (nSPS) is 23.2. The second-order valence-electron chi connectivity index (χ2n) is 4.10. The minimum absolute atomic E-state index is 0.266. The molecule has 0 radical (unpaired) electrons. The molecule has 1 aliphatic carbocycles. The van der Waals surface area contributed by atoms with Crippen LogP contribution in [0.25, 0.3) is 0 Å². The summed E-state index contributed by atoms with van der Waals surface area (Å²) in [5, 5.41) is 0. The highest BCUT2D eigenvalue weighted by molar-refractivity contribution is 5.79. The fraction of sp³-hybridized carbons (Fsp3) is 0.818. The Kier molecular flexibility index (Phi) is 4.13. The van der Waals surface area contributed by atoms with Crippen LogP contribution in [0, 0.1) is 5.92 Å². The molecule has 0 heterocycles. The largest absolute Gasteiger partial charge is 0.300 e. The van der Waals surface area contributed by atoms with E-state index < -0.39 is 0 Å². The molecule has 1 rings (SSSR count). The van der Waals surface area contributed by atoms with E-state index in [1.54, 1.807) is 6.92 Å². The van der Waals surface area contributed by atoms with Crippen molar-refractivity contribution in [2.75, 3.05) is 0 Å². The number of carbonyl (C=O) groups is 2.